The Labute approximate surface area is 138 Å². The molecule has 7 heteroatoms. The van der Waals surface area contributed by atoms with Crippen molar-refractivity contribution in [2.75, 3.05) is 0 Å². The average Bonchev–Trinajstić information content (AvgIpc) is 2.54. The molecule has 0 radical (unpaired) electrons. The van der Waals surface area contributed by atoms with E-state index in [1.807, 2.05) is 12.1 Å². The SMILES string of the molecule is Cc1ccc(N=Nc2c(O)ccc3ccccc23)c(S(=O)(=O)[O-])c1. The molecule has 0 bridgehead atoms. The van der Waals surface area contributed by atoms with E-state index in [1.165, 1.54) is 18.2 Å². The maximum absolute atomic E-state index is 11.4. The monoisotopic (exact) mass is 341 g/mol. The number of fused-ring (bicyclic) bond motifs is 1. The smallest absolute Gasteiger partial charge is 0.143 e. The molecule has 0 amide bonds. The largest absolute Gasteiger partial charge is 0.744 e. The van der Waals surface area contributed by atoms with Crippen LogP contribution in [0.25, 0.3) is 10.8 Å². The highest BCUT2D eigenvalue weighted by molar-refractivity contribution is 7.86. The highest BCUT2D eigenvalue weighted by atomic mass is 32.2. The Morgan fingerprint density at radius 1 is 1.00 bits per heavy atom. The van der Waals surface area contributed by atoms with Gasteiger partial charge in [0.05, 0.1) is 4.90 Å². The molecule has 0 heterocycles. The van der Waals surface area contributed by atoms with Gasteiger partial charge in [0.1, 0.15) is 27.2 Å². The Hall–Kier alpha value is -2.77. The molecule has 0 aliphatic rings. The minimum Gasteiger partial charge on any atom is -0.744 e. The third-order valence-electron chi connectivity index (χ3n) is 3.52. The van der Waals surface area contributed by atoms with E-state index in [-0.39, 0.29) is 17.1 Å². The Balaban J connectivity index is 2.15. The average molecular weight is 341 g/mol. The number of nitrogens with zero attached hydrogens (tertiary/aromatic N) is 2. The molecule has 24 heavy (non-hydrogen) atoms. The number of azo groups is 1. The van der Waals surface area contributed by atoms with Crippen LogP contribution < -0.4 is 0 Å². The fourth-order valence-corrected chi connectivity index (χ4v) is 3.05. The number of benzene rings is 3. The van der Waals surface area contributed by atoms with Crippen LogP contribution in [0, 0.1) is 6.92 Å². The third kappa shape index (κ3) is 3.12. The first kappa shape index (κ1) is 16.1. The Bertz CT molecular complexity index is 1060. The molecule has 0 saturated carbocycles. The molecule has 3 rings (SSSR count). The molecular weight excluding hydrogens is 328 g/mol. The minimum atomic E-state index is -4.68. The van der Waals surface area contributed by atoms with E-state index in [0.29, 0.717) is 10.9 Å². The van der Waals surface area contributed by atoms with E-state index < -0.39 is 15.0 Å². The predicted molar refractivity (Wildman–Crippen MR) is 88.9 cm³/mol. The summed E-state index contributed by atoms with van der Waals surface area (Å²) < 4.78 is 34.2. The number of aryl methyl sites for hydroxylation is 1. The first-order valence-corrected chi connectivity index (χ1v) is 8.46. The summed E-state index contributed by atoms with van der Waals surface area (Å²) in [6.45, 7) is 1.67. The second kappa shape index (κ2) is 6.03. The van der Waals surface area contributed by atoms with E-state index in [2.05, 4.69) is 10.2 Å². The van der Waals surface area contributed by atoms with E-state index >= 15 is 0 Å². The number of hydrogen-bond acceptors (Lipinski definition) is 6. The summed E-state index contributed by atoms with van der Waals surface area (Å²) in [7, 11) is -4.68. The summed E-state index contributed by atoms with van der Waals surface area (Å²) in [5, 5.41) is 19.4. The van der Waals surface area contributed by atoms with Gasteiger partial charge in [-0.3, -0.25) is 0 Å². The molecular formula is C17H13N2O4S-. The van der Waals surface area contributed by atoms with Gasteiger partial charge in [0.25, 0.3) is 0 Å². The van der Waals surface area contributed by atoms with Crippen LogP contribution >= 0.6 is 0 Å². The van der Waals surface area contributed by atoms with Crippen LogP contribution in [0.3, 0.4) is 0 Å². The maximum atomic E-state index is 11.4. The van der Waals surface area contributed by atoms with Crippen LogP contribution in [-0.4, -0.2) is 18.1 Å². The lowest BCUT2D eigenvalue weighted by Crippen LogP contribution is -1.99. The highest BCUT2D eigenvalue weighted by Gasteiger charge is 2.10. The zero-order chi connectivity index (χ0) is 17.3. The summed E-state index contributed by atoms with van der Waals surface area (Å²) in [6, 6.07) is 14.8. The minimum absolute atomic E-state index is 0.0667. The van der Waals surface area contributed by atoms with Gasteiger partial charge in [-0.05, 0) is 36.1 Å². The lowest BCUT2D eigenvalue weighted by atomic mass is 10.1. The number of phenols is 1. The van der Waals surface area contributed by atoms with E-state index in [9.17, 15) is 18.1 Å². The Morgan fingerprint density at radius 3 is 2.50 bits per heavy atom. The van der Waals surface area contributed by atoms with Crippen molar-refractivity contribution < 1.29 is 18.1 Å². The lowest BCUT2D eigenvalue weighted by Gasteiger charge is -2.10. The highest BCUT2D eigenvalue weighted by Crippen LogP contribution is 2.36. The Kier molecular flexibility index (Phi) is 4.04. The second-order valence-electron chi connectivity index (χ2n) is 5.28. The van der Waals surface area contributed by atoms with Crippen molar-refractivity contribution in [3.05, 3.63) is 60.2 Å². The van der Waals surface area contributed by atoms with Crippen LogP contribution in [0.15, 0.2) is 69.7 Å². The zero-order valence-electron chi connectivity index (χ0n) is 12.7. The summed E-state index contributed by atoms with van der Waals surface area (Å²) in [6.07, 6.45) is 0. The van der Waals surface area contributed by atoms with E-state index in [1.54, 1.807) is 31.2 Å². The summed E-state index contributed by atoms with van der Waals surface area (Å²) in [5.74, 6) is -0.0870. The lowest BCUT2D eigenvalue weighted by molar-refractivity contribution is 0.463. The summed E-state index contributed by atoms with van der Waals surface area (Å²) in [4.78, 5) is -0.439. The van der Waals surface area contributed by atoms with E-state index in [4.69, 9.17) is 0 Å². The van der Waals surface area contributed by atoms with Gasteiger partial charge in [-0.15, -0.1) is 10.2 Å². The van der Waals surface area contributed by atoms with Crippen LogP contribution in [-0.2, 0) is 10.1 Å². The van der Waals surface area contributed by atoms with E-state index in [0.717, 1.165) is 5.39 Å². The molecule has 6 nitrogen and oxygen atoms in total. The number of hydrogen-bond donors (Lipinski definition) is 1. The fourth-order valence-electron chi connectivity index (χ4n) is 2.36. The van der Waals surface area contributed by atoms with Gasteiger partial charge in [-0.25, -0.2) is 8.42 Å². The molecule has 0 aliphatic heterocycles. The molecule has 1 N–H and O–H groups in total. The standard InChI is InChI=1S/C17H14N2O4S/c1-11-6-8-14(16(10-11)24(21,22)23)18-19-17-13-5-3-2-4-12(13)7-9-15(17)20/h2-10,20H,1H3,(H,21,22,23)/p-1. The number of rotatable bonds is 3. The second-order valence-corrected chi connectivity index (χ2v) is 6.63. The molecule has 0 aromatic heterocycles. The van der Waals surface area contributed by atoms with Crippen LogP contribution in [0.5, 0.6) is 5.75 Å². The third-order valence-corrected chi connectivity index (χ3v) is 4.39. The summed E-state index contributed by atoms with van der Waals surface area (Å²) >= 11 is 0. The van der Waals surface area contributed by atoms with Gasteiger partial charge in [0, 0.05) is 5.39 Å². The summed E-state index contributed by atoms with van der Waals surface area (Å²) in [5.41, 5.74) is 0.766. The van der Waals surface area contributed by atoms with Crippen molar-refractivity contribution >= 4 is 32.3 Å². The number of aromatic hydroxyl groups is 1. The normalized spacial score (nSPS) is 12.1. The first-order chi connectivity index (χ1) is 11.4. The van der Waals surface area contributed by atoms with Crippen molar-refractivity contribution in [3.63, 3.8) is 0 Å². The molecule has 0 saturated heterocycles. The van der Waals surface area contributed by atoms with Gasteiger partial charge in [-0.1, -0.05) is 36.4 Å². The van der Waals surface area contributed by atoms with Crippen molar-refractivity contribution in [3.8, 4) is 5.75 Å². The molecule has 0 spiro atoms. The topological polar surface area (TPSA) is 102 Å². The molecule has 122 valence electrons. The van der Waals surface area contributed by atoms with Crippen LogP contribution in [0.1, 0.15) is 5.56 Å². The van der Waals surface area contributed by atoms with Crippen molar-refractivity contribution in [2.24, 2.45) is 10.2 Å². The quantitative estimate of drug-likeness (QED) is 0.570. The maximum Gasteiger partial charge on any atom is 0.143 e. The zero-order valence-corrected chi connectivity index (χ0v) is 13.5. The molecule has 0 fully saturated rings. The van der Waals surface area contributed by atoms with Gasteiger partial charge in [0.15, 0.2) is 0 Å². The number of phenolic OH excluding ortho intramolecular Hbond substituents is 1. The van der Waals surface area contributed by atoms with Gasteiger partial charge in [0.2, 0.25) is 0 Å². The van der Waals surface area contributed by atoms with Gasteiger partial charge in [-0.2, -0.15) is 0 Å². The molecule has 3 aromatic rings. The fraction of sp³-hybridized carbons (Fsp3) is 0.0588. The van der Waals surface area contributed by atoms with Gasteiger partial charge >= 0.3 is 0 Å². The predicted octanol–water partition coefficient (Wildman–Crippen LogP) is 4.17. The van der Waals surface area contributed by atoms with Crippen molar-refractivity contribution in [1.82, 2.24) is 0 Å². The van der Waals surface area contributed by atoms with Crippen molar-refractivity contribution in [1.29, 1.82) is 0 Å². The van der Waals surface area contributed by atoms with Crippen LogP contribution in [0.4, 0.5) is 11.4 Å². The Morgan fingerprint density at radius 2 is 1.75 bits per heavy atom. The molecule has 0 atom stereocenters. The first-order valence-electron chi connectivity index (χ1n) is 7.05. The molecule has 0 aliphatic carbocycles. The van der Waals surface area contributed by atoms with Crippen LogP contribution in [0.2, 0.25) is 0 Å². The molecule has 0 unspecified atom stereocenters. The van der Waals surface area contributed by atoms with Crippen molar-refractivity contribution in [2.45, 2.75) is 11.8 Å². The molecule has 3 aromatic carbocycles. The van der Waals surface area contributed by atoms with Gasteiger partial charge < -0.3 is 9.66 Å².